The van der Waals surface area contributed by atoms with Gasteiger partial charge >= 0.3 is 12.5 Å². The molecule has 14 heteroatoms. The monoisotopic (exact) mass is 515 g/mol. The molecule has 0 spiro atoms. The average molecular weight is 516 g/mol. The summed E-state index contributed by atoms with van der Waals surface area (Å²) < 4.78 is 67.4. The summed E-state index contributed by atoms with van der Waals surface area (Å²) in [6.07, 6.45) is -1.51. The SMILES string of the molecule is O=C(N1CCS(=O)(=O)CC1)N(Cc1ccc(-c2nnc(C(F)F)o2)nc1)c1ccc(F)c(Cl)c1. The van der Waals surface area contributed by atoms with Crippen molar-refractivity contribution in [2.24, 2.45) is 0 Å². The average Bonchev–Trinajstić information content (AvgIpc) is 3.30. The van der Waals surface area contributed by atoms with E-state index in [1.165, 1.54) is 34.2 Å². The highest BCUT2D eigenvalue weighted by Gasteiger charge is 2.29. The van der Waals surface area contributed by atoms with Crippen LogP contribution in [0.3, 0.4) is 0 Å². The van der Waals surface area contributed by atoms with Crippen LogP contribution in [0, 0.1) is 5.82 Å². The summed E-state index contributed by atoms with van der Waals surface area (Å²) >= 11 is 5.91. The summed E-state index contributed by atoms with van der Waals surface area (Å²) in [6.45, 7) is 0.0320. The van der Waals surface area contributed by atoms with Crippen molar-refractivity contribution in [1.82, 2.24) is 20.1 Å². The number of carbonyl (C=O) groups excluding carboxylic acids is 1. The number of aromatic nitrogens is 3. The highest BCUT2D eigenvalue weighted by Crippen LogP contribution is 2.27. The Balaban J connectivity index is 1.58. The van der Waals surface area contributed by atoms with E-state index < -0.39 is 34.0 Å². The summed E-state index contributed by atoms with van der Waals surface area (Å²) in [5.41, 5.74) is 0.996. The van der Waals surface area contributed by atoms with Crippen molar-refractivity contribution in [3.8, 4) is 11.6 Å². The lowest BCUT2D eigenvalue weighted by molar-refractivity contribution is 0.116. The van der Waals surface area contributed by atoms with Gasteiger partial charge in [-0.2, -0.15) is 8.78 Å². The number of hydrogen-bond acceptors (Lipinski definition) is 7. The van der Waals surface area contributed by atoms with E-state index >= 15 is 0 Å². The number of halogens is 4. The first kappa shape index (κ1) is 24.0. The Hall–Kier alpha value is -3.19. The number of hydrogen-bond donors (Lipinski definition) is 0. The molecule has 0 aliphatic carbocycles. The molecular formula is C20H17ClF3N5O4S. The Labute approximate surface area is 197 Å². The molecule has 1 fully saturated rings. The maximum absolute atomic E-state index is 13.7. The van der Waals surface area contributed by atoms with Gasteiger partial charge in [-0.1, -0.05) is 17.7 Å². The number of benzene rings is 1. The second-order valence-electron chi connectivity index (χ2n) is 7.40. The topological polar surface area (TPSA) is 110 Å². The lowest BCUT2D eigenvalue weighted by Crippen LogP contribution is -2.49. The minimum absolute atomic E-state index is 0.0105. The standard InChI is InChI=1S/C20H17ClF3N5O4S/c21-14-9-13(2-3-15(14)22)29(20(30)28-5-7-34(31,32)8-6-28)11-12-1-4-16(25-10-12)18-26-27-19(33-18)17(23)24/h1-4,9-10,17H,5-8,11H2. The van der Waals surface area contributed by atoms with Gasteiger partial charge in [0.2, 0.25) is 0 Å². The van der Waals surface area contributed by atoms with Gasteiger partial charge in [-0.3, -0.25) is 9.88 Å². The Morgan fingerprint density at radius 1 is 1.18 bits per heavy atom. The molecule has 2 amide bonds. The first-order chi connectivity index (χ1) is 16.1. The zero-order valence-corrected chi connectivity index (χ0v) is 18.9. The van der Waals surface area contributed by atoms with Crippen molar-refractivity contribution in [2.75, 3.05) is 29.5 Å². The molecule has 9 nitrogen and oxygen atoms in total. The first-order valence-corrected chi connectivity index (χ1v) is 12.1. The molecule has 1 aliphatic rings. The predicted molar refractivity (Wildman–Crippen MR) is 116 cm³/mol. The van der Waals surface area contributed by atoms with Gasteiger partial charge < -0.3 is 9.32 Å². The number of rotatable bonds is 5. The minimum atomic E-state index is -3.21. The molecular weight excluding hydrogens is 499 g/mol. The zero-order chi connectivity index (χ0) is 24.5. The predicted octanol–water partition coefficient (Wildman–Crippen LogP) is 3.72. The quantitative estimate of drug-likeness (QED) is 0.509. The second-order valence-corrected chi connectivity index (χ2v) is 10.1. The van der Waals surface area contributed by atoms with Crippen LogP contribution in [-0.2, 0) is 16.4 Å². The van der Waals surface area contributed by atoms with E-state index in [9.17, 15) is 26.4 Å². The highest BCUT2D eigenvalue weighted by atomic mass is 35.5. The highest BCUT2D eigenvalue weighted by molar-refractivity contribution is 7.91. The number of anilines is 1. The minimum Gasteiger partial charge on any atom is -0.414 e. The fourth-order valence-electron chi connectivity index (χ4n) is 3.25. The molecule has 1 aliphatic heterocycles. The van der Waals surface area contributed by atoms with Crippen LogP contribution in [0.25, 0.3) is 11.6 Å². The smallest absolute Gasteiger partial charge is 0.324 e. The number of carbonyl (C=O) groups is 1. The van der Waals surface area contributed by atoms with Gasteiger partial charge in [0.25, 0.3) is 11.8 Å². The fraction of sp³-hybridized carbons (Fsp3) is 0.300. The molecule has 2 aromatic heterocycles. The van der Waals surface area contributed by atoms with Crippen molar-refractivity contribution in [1.29, 1.82) is 0 Å². The third kappa shape index (κ3) is 5.30. The molecule has 3 heterocycles. The maximum Gasteiger partial charge on any atom is 0.324 e. The normalized spacial score (nSPS) is 15.5. The Kier molecular flexibility index (Phi) is 6.75. The van der Waals surface area contributed by atoms with Crippen LogP contribution in [0.4, 0.5) is 23.7 Å². The molecule has 0 atom stereocenters. The van der Waals surface area contributed by atoms with Crippen molar-refractivity contribution in [3.63, 3.8) is 0 Å². The van der Waals surface area contributed by atoms with Crippen LogP contribution in [0.5, 0.6) is 0 Å². The number of alkyl halides is 2. The molecule has 4 rings (SSSR count). The largest absolute Gasteiger partial charge is 0.414 e. The fourth-order valence-corrected chi connectivity index (χ4v) is 4.63. The third-order valence-electron chi connectivity index (χ3n) is 5.07. The van der Waals surface area contributed by atoms with E-state index in [0.717, 1.165) is 6.07 Å². The second kappa shape index (κ2) is 9.58. The zero-order valence-electron chi connectivity index (χ0n) is 17.4. The van der Waals surface area contributed by atoms with Crippen LogP contribution >= 0.6 is 11.6 Å². The van der Waals surface area contributed by atoms with Gasteiger partial charge in [0.1, 0.15) is 11.5 Å². The van der Waals surface area contributed by atoms with Gasteiger partial charge in [0.15, 0.2) is 9.84 Å². The molecule has 34 heavy (non-hydrogen) atoms. The van der Waals surface area contributed by atoms with E-state index in [1.54, 1.807) is 6.07 Å². The molecule has 0 N–H and O–H groups in total. The Morgan fingerprint density at radius 3 is 2.50 bits per heavy atom. The lowest BCUT2D eigenvalue weighted by atomic mass is 10.2. The number of urea groups is 1. The summed E-state index contributed by atoms with van der Waals surface area (Å²) in [5, 5.41) is 6.60. The maximum atomic E-state index is 13.7. The van der Waals surface area contributed by atoms with Crippen LogP contribution in [0.1, 0.15) is 17.9 Å². The first-order valence-electron chi connectivity index (χ1n) is 9.92. The van der Waals surface area contributed by atoms with Crippen molar-refractivity contribution >= 4 is 33.2 Å². The Morgan fingerprint density at radius 2 is 1.91 bits per heavy atom. The van der Waals surface area contributed by atoms with Crippen LogP contribution in [0.15, 0.2) is 40.9 Å². The molecule has 3 aromatic rings. The molecule has 0 bridgehead atoms. The number of pyridine rings is 1. The van der Waals surface area contributed by atoms with Crippen LogP contribution in [0.2, 0.25) is 5.02 Å². The van der Waals surface area contributed by atoms with E-state index in [2.05, 4.69) is 15.2 Å². The van der Waals surface area contributed by atoms with Crippen molar-refractivity contribution < 1.29 is 30.8 Å². The summed E-state index contributed by atoms with van der Waals surface area (Å²) in [7, 11) is -3.21. The number of amides is 2. The van der Waals surface area contributed by atoms with Gasteiger partial charge in [-0.15, -0.1) is 10.2 Å². The van der Waals surface area contributed by atoms with E-state index in [-0.39, 0.29) is 47.7 Å². The van der Waals surface area contributed by atoms with Crippen LogP contribution in [-0.4, -0.2) is 59.1 Å². The van der Waals surface area contributed by atoms with Gasteiger partial charge in [0.05, 0.1) is 23.1 Å². The molecule has 1 aromatic carbocycles. The van der Waals surface area contributed by atoms with E-state index in [1.807, 2.05) is 0 Å². The van der Waals surface area contributed by atoms with Crippen molar-refractivity contribution in [2.45, 2.75) is 13.0 Å². The Bertz CT molecular complexity index is 1290. The molecule has 0 radical (unpaired) electrons. The summed E-state index contributed by atoms with van der Waals surface area (Å²) in [4.78, 5) is 20.1. The summed E-state index contributed by atoms with van der Waals surface area (Å²) in [5.74, 6) is -1.98. The van der Waals surface area contributed by atoms with Gasteiger partial charge in [0, 0.05) is 25.0 Å². The molecule has 1 saturated heterocycles. The van der Waals surface area contributed by atoms with Gasteiger partial charge in [-0.05, 0) is 29.8 Å². The van der Waals surface area contributed by atoms with Crippen molar-refractivity contribution in [3.05, 3.63) is 58.8 Å². The lowest BCUT2D eigenvalue weighted by Gasteiger charge is -2.33. The summed E-state index contributed by atoms with van der Waals surface area (Å²) in [6, 6.07) is 6.36. The van der Waals surface area contributed by atoms with Gasteiger partial charge in [-0.25, -0.2) is 17.6 Å². The number of nitrogens with zero attached hydrogens (tertiary/aromatic N) is 5. The third-order valence-corrected chi connectivity index (χ3v) is 6.97. The molecule has 180 valence electrons. The molecule has 0 saturated carbocycles. The molecule has 0 unspecified atom stereocenters. The number of sulfone groups is 1. The van der Waals surface area contributed by atoms with Crippen LogP contribution < -0.4 is 4.90 Å². The van der Waals surface area contributed by atoms with E-state index in [4.69, 9.17) is 16.0 Å². The van der Waals surface area contributed by atoms with E-state index in [0.29, 0.717) is 11.3 Å².